The monoisotopic (exact) mass is 286 g/mol. The van der Waals surface area contributed by atoms with Crippen molar-refractivity contribution in [1.29, 1.82) is 0 Å². The summed E-state index contributed by atoms with van der Waals surface area (Å²) in [5.41, 5.74) is 7.86. The van der Waals surface area contributed by atoms with Gasteiger partial charge in [-0.05, 0) is 48.4 Å². The first-order chi connectivity index (χ1) is 10.0. The molecule has 0 unspecified atom stereocenters. The van der Waals surface area contributed by atoms with Crippen molar-refractivity contribution in [2.24, 2.45) is 5.73 Å². The van der Waals surface area contributed by atoms with E-state index in [1.165, 1.54) is 0 Å². The van der Waals surface area contributed by atoms with Gasteiger partial charge in [0, 0.05) is 12.2 Å². The Morgan fingerprint density at radius 2 is 1.95 bits per heavy atom. The molecule has 0 heterocycles. The molecule has 1 amide bonds. The number of aryl methyl sites for hydroxylation is 1. The number of carbonyl (C=O) groups is 1. The van der Waals surface area contributed by atoms with Crippen molar-refractivity contribution in [3.63, 3.8) is 0 Å². The summed E-state index contributed by atoms with van der Waals surface area (Å²) < 4.78 is 5.19. The molecule has 0 aliphatic heterocycles. The minimum Gasteiger partial charge on any atom is -0.508 e. The molecule has 0 aliphatic carbocycles. The molecule has 2 rings (SSSR count). The highest BCUT2D eigenvalue weighted by Crippen LogP contribution is 2.21. The molecule has 0 spiro atoms. The van der Waals surface area contributed by atoms with Gasteiger partial charge in [0.15, 0.2) is 6.61 Å². The van der Waals surface area contributed by atoms with E-state index in [-0.39, 0.29) is 12.4 Å². The van der Waals surface area contributed by atoms with Crippen molar-refractivity contribution in [3.8, 4) is 11.5 Å². The SMILES string of the molecule is Cc1cc(NCc2ccc(OCC(N)=O)cc2)ccc1O. The number of anilines is 1. The van der Waals surface area contributed by atoms with E-state index in [9.17, 15) is 9.90 Å². The predicted molar refractivity (Wildman–Crippen MR) is 81.3 cm³/mol. The first kappa shape index (κ1) is 14.7. The summed E-state index contributed by atoms with van der Waals surface area (Å²) in [4.78, 5) is 10.6. The zero-order valence-electron chi connectivity index (χ0n) is 11.8. The maximum atomic E-state index is 10.6. The lowest BCUT2D eigenvalue weighted by molar-refractivity contribution is -0.119. The number of amides is 1. The van der Waals surface area contributed by atoms with E-state index >= 15 is 0 Å². The molecule has 2 aromatic rings. The Balaban J connectivity index is 1.91. The molecule has 5 heteroatoms. The molecule has 4 N–H and O–H groups in total. The van der Waals surface area contributed by atoms with Crippen molar-refractivity contribution in [2.45, 2.75) is 13.5 Å². The number of hydrogen-bond donors (Lipinski definition) is 3. The number of benzene rings is 2. The van der Waals surface area contributed by atoms with Crippen molar-refractivity contribution in [3.05, 3.63) is 53.6 Å². The van der Waals surface area contributed by atoms with Crippen LogP contribution in [0.5, 0.6) is 11.5 Å². The number of nitrogens with one attached hydrogen (secondary N) is 1. The molecule has 2 aromatic carbocycles. The fourth-order valence-electron chi connectivity index (χ4n) is 1.83. The Labute approximate surface area is 123 Å². The smallest absolute Gasteiger partial charge is 0.255 e. The second-order valence-electron chi connectivity index (χ2n) is 4.75. The number of nitrogens with two attached hydrogens (primary N) is 1. The van der Waals surface area contributed by atoms with E-state index in [4.69, 9.17) is 10.5 Å². The Hall–Kier alpha value is -2.69. The van der Waals surface area contributed by atoms with Gasteiger partial charge in [0.2, 0.25) is 0 Å². The second kappa shape index (κ2) is 6.65. The number of phenolic OH excluding ortho intramolecular Hbond substituents is 1. The Morgan fingerprint density at radius 3 is 2.57 bits per heavy atom. The topological polar surface area (TPSA) is 84.6 Å². The minimum atomic E-state index is -0.497. The molecule has 21 heavy (non-hydrogen) atoms. The second-order valence-corrected chi connectivity index (χ2v) is 4.75. The van der Waals surface area contributed by atoms with Crippen molar-refractivity contribution >= 4 is 11.6 Å². The number of ether oxygens (including phenoxy) is 1. The maximum absolute atomic E-state index is 10.6. The summed E-state index contributed by atoms with van der Waals surface area (Å²) in [6.07, 6.45) is 0. The summed E-state index contributed by atoms with van der Waals surface area (Å²) in [5, 5.41) is 12.7. The molecule has 0 aliphatic rings. The van der Waals surface area contributed by atoms with Gasteiger partial charge in [0.05, 0.1) is 0 Å². The number of rotatable bonds is 6. The molecule has 0 atom stereocenters. The number of aromatic hydroxyl groups is 1. The molecular weight excluding hydrogens is 268 g/mol. The van der Waals surface area contributed by atoms with Gasteiger partial charge >= 0.3 is 0 Å². The molecule has 0 fully saturated rings. The molecule has 0 bridgehead atoms. The molecule has 0 saturated carbocycles. The molecule has 5 nitrogen and oxygen atoms in total. The zero-order chi connectivity index (χ0) is 15.2. The van der Waals surface area contributed by atoms with Crippen molar-refractivity contribution in [2.75, 3.05) is 11.9 Å². The molecular formula is C16H18N2O3. The first-order valence-electron chi connectivity index (χ1n) is 6.58. The summed E-state index contributed by atoms with van der Waals surface area (Å²) in [5.74, 6) is 0.401. The Morgan fingerprint density at radius 1 is 1.24 bits per heavy atom. The zero-order valence-corrected chi connectivity index (χ0v) is 11.8. The van der Waals surface area contributed by atoms with Crippen LogP contribution >= 0.6 is 0 Å². The average molecular weight is 286 g/mol. The van der Waals surface area contributed by atoms with Crippen LogP contribution in [0, 0.1) is 6.92 Å². The third-order valence-corrected chi connectivity index (χ3v) is 3.00. The van der Waals surface area contributed by atoms with Crippen LogP contribution in [0.15, 0.2) is 42.5 Å². The van der Waals surface area contributed by atoms with Crippen LogP contribution in [0.1, 0.15) is 11.1 Å². The number of hydrogen-bond acceptors (Lipinski definition) is 4. The summed E-state index contributed by atoms with van der Waals surface area (Å²) in [6.45, 7) is 2.38. The van der Waals surface area contributed by atoms with Gasteiger partial charge in [0.1, 0.15) is 11.5 Å². The highest BCUT2D eigenvalue weighted by Gasteiger charge is 2.00. The van der Waals surface area contributed by atoms with Crippen LogP contribution in [-0.2, 0) is 11.3 Å². The van der Waals surface area contributed by atoms with Gasteiger partial charge in [-0.3, -0.25) is 4.79 Å². The molecule has 0 radical (unpaired) electrons. The van der Waals surface area contributed by atoms with Crippen LogP contribution in [0.3, 0.4) is 0 Å². The van der Waals surface area contributed by atoms with Gasteiger partial charge in [-0.2, -0.15) is 0 Å². The van der Waals surface area contributed by atoms with E-state index in [0.29, 0.717) is 12.3 Å². The number of primary amides is 1. The number of phenols is 1. The van der Waals surface area contributed by atoms with Crippen LogP contribution in [0.4, 0.5) is 5.69 Å². The lowest BCUT2D eigenvalue weighted by Gasteiger charge is -2.09. The number of carbonyl (C=O) groups excluding carboxylic acids is 1. The maximum Gasteiger partial charge on any atom is 0.255 e. The fraction of sp³-hybridized carbons (Fsp3) is 0.188. The molecule has 0 saturated heterocycles. The van der Waals surface area contributed by atoms with E-state index in [1.54, 1.807) is 18.2 Å². The lowest BCUT2D eigenvalue weighted by atomic mass is 10.2. The van der Waals surface area contributed by atoms with Crippen LogP contribution in [0.25, 0.3) is 0 Å². The van der Waals surface area contributed by atoms with Gasteiger partial charge in [-0.1, -0.05) is 12.1 Å². The van der Waals surface area contributed by atoms with Gasteiger partial charge in [-0.15, -0.1) is 0 Å². The Kier molecular flexibility index (Phi) is 4.66. The predicted octanol–water partition coefficient (Wildman–Crippen LogP) is 2.18. The van der Waals surface area contributed by atoms with Crippen LogP contribution in [-0.4, -0.2) is 17.6 Å². The highest BCUT2D eigenvalue weighted by atomic mass is 16.5. The lowest BCUT2D eigenvalue weighted by Crippen LogP contribution is -2.19. The van der Waals surface area contributed by atoms with E-state index in [1.807, 2.05) is 31.2 Å². The molecule has 0 aromatic heterocycles. The van der Waals surface area contributed by atoms with E-state index in [0.717, 1.165) is 16.8 Å². The van der Waals surface area contributed by atoms with Crippen molar-refractivity contribution in [1.82, 2.24) is 0 Å². The quantitative estimate of drug-likeness (QED) is 0.711. The normalized spacial score (nSPS) is 10.1. The minimum absolute atomic E-state index is 0.121. The largest absolute Gasteiger partial charge is 0.508 e. The summed E-state index contributed by atoms with van der Waals surface area (Å²) in [7, 11) is 0. The standard InChI is InChI=1S/C16H18N2O3/c1-11-8-13(4-7-15(11)19)18-9-12-2-5-14(6-3-12)21-10-16(17)20/h2-8,18-19H,9-10H2,1H3,(H2,17,20). The summed E-state index contributed by atoms with van der Waals surface area (Å²) >= 11 is 0. The highest BCUT2D eigenvalue weighted by molar-refractivity contribution is 5.75. The third kappa shape index (κ3) is 4.42. The third-order valence-electron chi connectivity index (χ3n) is 3.00. The van der Waals surface area contributed by atoms with Gasteiger partial charge in [-0.25, -0.2) is 0 Å². The van der Waals surface area contributed by atoms with Crippen LogP contribution in [0.2, 0.25) is 0 Å². The average Bonchev–Trinajstić information content (AvgIpc) is 2.47. The van der Waals surface area contributed by atoms with Crippen molar-refractivity contribution < 1.29 is 14.6 Å². The fourth-order valence-corrected chi connectivity index (χ4v) is 1.83. The Bertz CT molecular complexity index is 624. The summed E-state index contributed by atoms with van der Waals surface area (Å²) in [6, 6.07) is 12.8. The first-order valence-corrected chi connectivity index (χ1v) is 6.58. The van der Waals surface area contributed by atoms with E-state index < -0.39 is 5.91 Å². The van der Waals surface area contributed by atoms with Gasteiger partial charge in [0.25, 0.3) is 5.91 Å². The molecule has 110 valence electrons. The van der Waals surface area contributed by atoms with E-state index in [2.05, 4.69) is 5.32 Å². The van der Waals surface area contributed by atoms with Gasteiger partial charge < -0.3 is 20.9 Å². The van der Waals surface area contributed by atoms with Crippen LogP contribution < -0.4 is 15.8 Å².